The number of carbonyl (C=O) groups excluding carboxylic acids is 2. The Kier molecular flexibility index (Phi) is 6.77. The summed E-state index contributed by atoms with van der Waals surface area (Å²) in [5.74, 6) is -0.340. The summed E-state index contributed by atoms with van der Waals surface area (Å²) >= 11 is 0. The molecule has 172 valence electrons. The molecule has 2 aromatic rings. The molecule has 32 heavy (non-hydrogen) atoms. The number of amides is 2. The third-order valence-corrected chi connectivity index (χ3v) is 6.36. The van der Waals surface area contributed by atoms with Gasteiger partial charge in [-0.1, -0.05) is 66.9 Å². The Morgan fingerprint density at radius 2 is 1.38 bits per heavy atom. The van der Waals surface area contributed by atoms with Crippen molar-refractivity contribution in [1.82, 2.24) is 10.3 Å². The Balaban J connectivity index is 1.93. The van der Waals surface area contributed by atoms with Gasteiger partial charge in [-0.3, -0.25) is 14.6 Å². The molecule has 0 spiro atoms. The summed E-state index contributed by atoms with van der Waals surface area (Å²) in [6.07, 6.45) is 7.48. The van der Waals surface area contributed by atoms with Crippen LogP contribution in [-0.4, -0.2) is 22.3 Å². The van der Waals surface area contributed by atoms with Gasteiger partial charge in [-0.15, -0.1) is 0 Å². The number of hydrogen-bond donors (Lipinski definition) is 2. The number of anilines is 1. The largest absolute Gasteiger partial charge is 0.338 e. The fourth-order valence-electron chi connectivity index (χ4n) is 4.16. The fourth-order valence-corrected chi connectivity index (χ4v) is 4.16. The van der Waals surface area contributed by atoms with Crippen LogP contribution in [0.1, 0.15) is 95.1 Å². The molecule has 2 amide bonds. The zero-order valence-electron chi connectivity index (χ0n) is 20.3. The smallest absolute Gasteiger partial charge is 0.252 e. The number of benzene rings is 1. The van der Waals surface area contributed by atoms with Crippen LogP contribution in [0.4, 0.5) is 5.69 Å². The number of hydrogen-bond acceptors (Lipinski definition) is 3. The molecule has 1 heterocycles. The van der Waals surface area contributed by atoms with Crippen LogP contribution >= 0.6 is 0 Å². The third-order valence-electron chi connectivity index (χ3n) is 6.36. The molecule has 1 aliphatic carbocycles. The summed E-state index contributed by atoms with van der Waals surface area (Å²) < 4.78 is 0. The first kappa shape index (κ1) is 24.0. The first-order valence-corrected chi connectivity index (χ1v) is 11.6. The Morgan fingerprint density at radius 3 is 1.88 bits per heavy atom. The van der Waals surface area contributed by atoms with Crippen molar-refractivity contribution in [3.05, 3.63) is 59.4 Å². The molecule has 1 aromatic heterocycles. The highest BCUT2D eigenvalue weighted by Crippen LogP contribution is 2.33. The molecule has 0 aliphatic heterocycles. The second-order valence-electron chi connectivity index (χ2n) is 11.1. The quantitative estimate of drug-likeness (QED) is 0.642. The predicted molar refractivity (Wildman–Crippen MR) is 130 cm³/mol. The molecule has 1 saturated carbocycles. The molecule has 2 N–H and O–H groups in total. The zero-order chi connectivity index (χ0) is 23.6. The van der Waals surface area contributed by atoms with Gasteiger partial charge in [0.15, 0.2) is 0 Å². The third kappa shape index (κ3) is 5.56. The number of nitrogens with one attached hydrogen (secondary N) is 2. The highest BCUT2D eigenvalue weighted by Gasteiger charge is 2.41. The Hall–Kier alpha value is -2.69. The average molecular weight is 436 g/mol. The standard InChI is InChI=1S/C27H37N3O2/c1-25(2,3)20-16-19(17-21(18-20)26(4,5)6)23(31)30-27(12-8-7-9-13-27)24(32)29-22-10-14-28-15-11-22/h10-11,14-18H,7-9,12-13H2,1-6H3,(H,30,31)(H,28,29,32). The lowest BCUT2D eigenvalue weighted by molar-refractivity contribution is -0.123. The lowest BCUT2D eigenvalue weighted by Gasteiger charge is -2.37. The van der Waals surface area contributed by atoms with Gasteiger partial charge >= 0.3 is 0 Å². The van der Waals surface area contributed by atoms with Crippen molar-refractivity contribution in [3.8, 4) is 0 Å². The normalized spacial score (nSPS) is 16.3. The molecule has 0 saturated heterocycles. The van der Waals surface area contributed by atoms with Gasteiger partial charge in [0, 0.05) is 23.6 Å². The van der Waals surface area contributed by atoms with E-state index in [0.717, 1.165) is 30.4 Å². The summed E-state index contributed by atoms with van der Waals surface area (Å²) in [5.41, 5.74) is 2.47. The molecule has 0 radical (unpaired) electrons. The van der Waals surface area contributed by atoms with Gasteiger partial charge in [-0.25, -0.2) is 0 Å². The van der Waals surface area contributed by atoms with E-state index in [-0.39, 0.29) is 22.6 Å². The lowest BCUT2D eigenvalue weighted by atomic mass is 9.78. The van der Waals surface area contributed by atoms with Crippen LogP contribution in [0.15, 0.2) is 42.7 Å². The predicted octanol–water partition coefficient (Wildman–Crippen LogP) is 5.75. The van der Waals surface area contributed by atoms with Crippen LogP contribution in [0.5, 0.6) is 0 Å². The number of rotatable bonds is 4. The van der Waals surface area contributed by atoms with Crippen LogP contribution in [0.25, 0.3) is 0 Å². The van der Waals surface area contributed by atoms with Crippen LogP contribution < -0.4 is 10.6 Å². The number of carbonyl (C=O) groups is 2. The Morgan fingerprint density at radius 1 is 0.844 bits per heavy atom. The SMILES string of the molecule is CC(C)(C)c1cc(C(=O)NC2(C(=O)Nc3ccncc3)CCCCC2)cc(C(C)(C)C)c1. The van der Waals surface area contributed by atoms with Crippen LogP contribution in [0.3, 0.4) is 0 Å². The van der Waals surface area contributed by atoms with E-state index in [4.69, 9.17) is 0 Å². The summed E-state index contributed by atoms with van der Waals surface area (Å²) in [4.78, 5) is 30.9. The molecule has 0 bridgehead atoms. The van der Waals surface area contributed by atoms with Gasteiger partial charge < -0.3 is 10.6 Å². The maximum atomic E-state index is 13.5. The first-order chi connectivity index (χ1) is 14.9. The molecule has 1 aliphatic rings. The van der Waals surface area contributed by atoms with E-state index >= 15 is 0 Å². The van der Waals surface area contributed by atoms with Crippen molar-refractivity contribution in [1.29, 1.82) is 0 Å². The number of nitrogens with zero attached hydrogens (tertiary/aromatic N) is 1. The first-order valence-electron chi connectivity index (χ1n) is 11.6. The summed E-state index contributed by atoms with van der Waals surface area (Å²) in [6, 6.07) is 9.67. The molecule has 1 fully saturated rings. The van der Waals surface area contributed by atoms with E-state index in [0.29, 0.717) is 24.1 Å². The number of aromatic nitrogens is 1. The molecule has 5 nitrogen and oxygen atoms in total. The summed E-state index contributed by atoms with van der Waals surface area (Å²) in [7, 11) is 0. The van der Waals surface area contributed by atoms with Gasteiger partial charge in [-0.05, 0) is 59.1 Å². The van der Waals surface area contributed by atoms with Gasteiger partial charge in [0.2, 0.25) is 5.91 Å². The molecular formula is C27H37N3O2. The van der Waals surface area contributed by atoms with Crippen molar-refractivity contribution in [2.45, 2.75) is 90.0 Å². The number of pyridine rings is 1. The van der Waals surface area contributed by atoms with Gasteiger partial charge in [-0.2, -0.15) is 0 Å². The minimum atomic E-state index is -0.905. The van der Waals surface area contributed by atoms with Crippen LogP contribution in [0.2, 0.25) is 0 Å². The molecule has 3 rings (SSSR count). The van der Waals surface area contributed by atoms with Crippen molar-refractivity contribution < 1.29 is 9.59 Å². The minimum absolute atomic E-state index is 0.0858. The van der Waals surface area contributed by atoms with E-state index in [1.807, 2.05) is 12.1 Å². The van der Waals surface area contributed by atoms with Crippen LogP contribution in [-0.2, 0) is 15.6 Å². The van der Waals surface area contributed by atoms with Gasteiger partial charge in [0.25, 0.3) is 5.91 Å². The van der Waals surface area contributed by atoms with E-state index < -0.39 is 5.54 Å². The maximum Gasteiger partial charge on any atom is 0.252 e. The Bertz CT molecular complexity index is 930. The van der Waals surface area contributed by atoms with Gasteiger partial charge in [0.1, 0.15) is 5.54 Å². The molecule has 5 heteroatoms. The average Bonchev–Trinajstić information content (AvgIpc) is 2.73. The van der Waals surface area contributed by atoms with Crippen molar-refractivity contribution in [2.75, 3.05) is 5.32 Å². The second-order valence-corrected chi connectivity index (χ2v) is 11.1. The van der Waals surface area contributed by atoms with Crippen molar-refractivity contribution in [2.24, 2.45) is 0 Å². The van der Waals surface area contributed by atoms with E-state index in [1.165, 1.54) is 0 Å². The van der Waals surface area contributed by atoms with E-state index in [2.05, 4.69) is 63.2 Å². The van der Waals surface area contributed by atoms with Crippen molar-refractivity contribution >= 4 is 17.5 Å². The lowest BCUT2D eigenvalue weighted by Crippen LogP contribution is -2.57. The van der Waals surface area contributed by atoms with E-state index in [9.17, 15) is 9.59 Å². The molecule has 0 unspecified atom stereocenters. The highest BCUT2D eigenvalue weighted by molar-refractivity contribution is 6.04. The fraction of sp³-hybridized carbons (Fsp3) is 0.519. The molecular weight excluding hydrogens is 398 g/mol. The highest BCUT2D eigenvalue weighted by atomic mass is 16.2. The zero-order valence-corrected chi connectivity index (χ0v) is 20.3. The monoisotopic (exact) mass is 435 g/mol. The summed E-state index contributed by atoms with van der Waals surface area (Å²) in [6.45, 7) is 12.9. The summed E-state index contributed by atoms with van der Waals surface area (Å²) in [5, 5.41) is 6.15. The Labute approximate surface area is 192 Å². The maximum absolute atomic E-state index is 13.5. The van der Waals surface area contributed by atoms with Gasteiger partial charge in [0.05, 0.1) is 0 Å². The van der Waals surface area contributed by atoms with E-state index in [1.54, 1.807) is 24.5 Å². The van der Waals surface area contributed by atoms with Crippen molar-refractivity contribution in [3.63, 3.8) is 0 Å². The minimum Gasteiger partial charge on any atom is -0.338 e. The molecule has 0 atom stereocenters. The second kappa shape index (κ2) is 9.05. The van der Waals surface area contributed by atoms with Crippen LogP contribution in [0, 0.1) is 0 Å². The topological polar surface area (TPSA) is 71.1 Å². The molecule has 1 aromatic carbocycles.